The molecule has 1 unspecified atom stereocenters. The molecule has 11 nitrogen and oxygen atoms in total. The summed E-state index contributed by atoms with van der Waals surface area (Å²) in [5.74, 6) is 1.44. The van der Waals surface area contributed by atoms with Crippen LogP contribution in [0.15, 0.2) is 47.0 Å². The van der Waals surface area contributed by atoms with Crippen LogP contribution in [0.25, 0.3) is 11.1 Å². The summed E-state index contributed by atoms with van der Waals surface area (Å²) in [6.07, 6.45) is 0.625. The van der Waals surface area contributed by atoms with E-state index in [1.807, 2.05) is 41.3 Å². The number of benzene rings is 2. The van der Waals surface area contributed by atoms with Crippen molar-refractivity contribution in [1.29, 1.82) is 0 Å². The normalized spacial score (nSPS) is 17.5. The highest BCUT2D eigenvalue weighted by molar-refractivity contribution is 6.07. The minimum absolute atomic E-state index is 0.136. The molecule has 43 heavy (non-hydrogen) atoms. The van der Waals surface area contributed by atoms with Gasteiger partial charge < -0.3 is 33.3 Å². The summed E-state index contributed by atoms with van der Waals surface area (Å²) in [5, 5.41) is 4.56. The summed E-state index contributed by atoms with van der Waals surface area (Å²) in [7, 11) is 3.21. The molecule has 3 aliphatic rings. The van der Waals surface area contributed by atoms with Crippen LogP contribution in [0.4, 0.5) is 0 Å². The number of hydrogen-bond donors (Lipinski definition) is 0. The van der Waals surface area contributed by atoms with Crippen molar-refractivity contribution in [2.45, 2.75) is 26.3 Å². The Balaban J connectivity index is 1.41. The number of hydrogen-bond acceptors (Lipinski definition) is 9. The third-order valence-corrected chi connectivity index (χ3v) is 7.98. The van der Waals surface area contributed by atoms with E-state index >= 15 is 0 Å². The van der Waals surface area contributed by atoms with Gasteiger partial charge in [0.05, 0.1) is 50.1 Å². The third kappa shape index (κ3) is 5.48. The van der Waals surface area contributed by atoms with E-state index in [0.717, 1.165) is 16.7 Å². The Kier molecular flexibility index (Phi) is 7.90. The van der Waals surface area contributed by atoms with Crippen molar-refractivity contribution in [3.63, 3.8) is 0 Å². The Hall–Kier alpha value is -4.64. The molecule has 2 aromatic carbocycles. The van der Waals surface area contributed by atoms with Crippen LogP contribution in [0.2, 0.25) is 0 Å². The highest BCUT2D eigenvalue weighted by atomic mass is 16.5. The minimum atomic E-state index is -0.404. The van der Waals surface area contributed by atoms with Crippen LogP contribution in [-0.2, 0) is 16.0 Å². The monoisotopic (exact) mass is 586 g/mol. The molecule has 5 heterocycles. The summed E-state index contributed by atoms with van der Waals surface area (Å²) in [5.41, 5.74) is 4.80. The van der Waals surface area contributed by atoms with Gasteiger partial charge in [0.2, 0.25) is 5.91 Å². The number of ether oxygens (including phenoxy) is 4. The lowest BCUT2D eigenvalue weighted by Crippen LogP contribution is -2.47. The van der Waals surface area contributed by atoms with Crippen molar-refractivity contribution in [1.82, 2.24) is 19.9 Å². The van der Waals surface area contributed by atoms with Crippen LogP contribution in [0.1, 0.15) is 44.5 Å². The second-order valence-electron chi connectivity index (χ2n) is 10.7. The third-order valence-electron chi connectivity index (χ3n) is 7.98. The van der Waals surface area contributed by atoms with Gasteiger partial charge in [0.25, 0.3) is 11.6 Å². The standard InChI is InChI=1S/C32H34N4O7/c1-19-15-25(29-20(2)34-43-31(29)33-19)32(38)35-11-12-41-13-14-42-23-7-5-21(6-8-23)30-24-17-27(40-4)26(39-3)16-22(24)9-10-36(30)28(37)18-35/h5-8,15-17,30H,9-14,18H2,1-4H3. The predicted octanol–water partition coefficient (Wildman–Crippen LogP) is 3.88. The molecule has 3 aliphatic heterocycles. The molecule has 0 radical (unpaired) electrons. The molecule has 7 rings (SSSR count). The fraction of sp³-hybridized carbons (Fsp3) is 0.375. The Labute approximate surface area is 249 Å². The molecular weight excluding hydrogens is 552 g/mol. The summed E-state index contributed by atoms with van der Waals surface area (Å²) < 4.78 is 28.3. The highest BCUT2D eigenvalue weighted by Gasteiger charge is 2.35. The van der Waals surface area contributed by atoms with Gasteiger partial charge >= 0.3 is 0 Å². The molecule has 2 amide bonds. The maximum Gasteiger partial charge on any atom is 0.258 e. The lowest BCUT2D eigenvalue weighted by Gasteiger charge is -2.39. The average molecular weight is 587 g/mol. The van der Waals surface area contributed by atoms with Crippen LogP contribution in [0.5, 0.6) is 17.2 Å². The zero-order valence-corrected chi connectivity index (χ0v) is 24.7. The van der Waals surface area contributed by atoms with Gasteiger partial charge in [-0.05, 0) is 67.3 Å². The topological polar surface area (TPSA) is 116 Å². The summed E-state index contributed by atoms with van der Waals surface area (Å²) >= 11 is 0. The predicted molar refractivity (Wildman–Crippen MR) is 157 cm³/mol. The molecule has 0 fully saturated rings. The maximum atomic E-state index is 14.2. The first-order valence-corrected chi connectivity index (χ1v) is 14.3. The second-order valence-corrected chi connectivity index (χ2v) is 10.7. The van der Waals surface area contributed by atoms with Gasteiger partial charge in [-0.25, -0.2) is 4.98 Å². The molecule has 1 atom stereocenters. The van der Waals surface area contributed by atoms with E-state index in [1.165, 1.54) is 4.90 Å². The summed E-state index contributed by atoms with van der Waals surface area (Å²) in [4.78, 5) is 36.1. The van der Waals surface area contributed by atoms with E-state index in [9.17, 15) is 9.59 Å². The summed E-state index contributed by atoms with van der Waals surface area (Å²) in [6.45, 7) is 5.02. The summed E-state index contributed by atoms with van der Waals surface area (Å²) in [6, 6.07) is 13.0. The number of fused-ring (bicyclic) bond motifs is 12. The van der Waals surface area contributed by atoms with Crippen LogP contribution in [0.3, 0.4) is 0 Å². The fourth-order valence-corrected chi connectivity index (χ4v) is 5.88. The number of nitrogens with zero attached hydrogens (tertiary/aromatic N) is 4. The van der Waals surface area contributed by atoms with Crippen molar-refractivity contribution in [3.05, 3.63) is 76.1 Å². The van der Waals surface area contributed by atoms with Gasteiger partial charge in [0.1, 0.15) is 18.9 Å². The van der Waals surface area contributed by atoms with Crippen molar-refractivity contribution >= 4 is 22.9 Å². The quantitative estimate of drug-likeness (QED) is 0.330. The largest absolute Gasteiger partial charge is 0.493 e. The first kappa shape index (κ1) is 28.5. The molecule has 0 saturated heterocycles. The van der Waals surface area contributed by atoms with Crippen LogP contribution in [0, 0.1) is 13.8 Å². The lowest BCUT2D eigenvalue weighted by molar-refractivity contribution is -0.134. The fourth-order valence-electron chi connectivity index (χ4n) is 5.88. The van der Waals surface area contributed by atoms with E-state index in [1.54, 1.807) is 34.1 Å². The van der Waals surface area contributed by atoms with Gasteiger partial charge in [-0.1, -0.05) is 17.3 Å². The molecular formula is C32H34N4O7. The molecule has 0 N–H and O–H groups in total. The highest BCUT2D eigenvalue weighted by Crippen LogP contribution is 2.41. The lowest BCUT2D eigenvalue weighted by atomic mass is 9.87. The van der Waals surface area contributed by atoms with E-state index in [-0.39, 0.29) is 31.5 Å². The first-order valence-electron chi connectivity index (χ1n) is 14.3. The Morgan fingerprint density at radius 3 is 2.51 bits per heavy atom. The molecule has 2 bridgehead atoms. The Bertz CT molecular complexity index is 1670. The van der Waals surface area contributed by atoms with Crippen LogP contribution >= 0.6 is 0 Å². The number of methoxy groups -OCH3 is 2. The van der Waals surface area contributed by atoms with Gasteiger partial charge in [-0.3, -0.25) is 9.59 Å². The molecule has 11 heteroatoms. The van der Waals surface area contributed by atoms with Gasteiger partial charge in [-0.2, -0.15) is 0 Å². The van der Waals surface area contributed by atoms with Crippen LogP contribution in [-0.4, -0.2) is 85.4 Å². The number of aromatic nitrogens is 2. The SMILES string of the molecule is COc1cc2c(cc1OC)C1c3ccc(cc3)OCCOCCN(C(=O)c3cc(C)nc4onc(C)c34)CC(=O)N1CC2. The average Bonchev–Trinajstić information content (AvgIpc) is 3.39. The van der Waals surface area contributed by atoms with E-state index in [4.69, 9.17) is 23.5 Å². The van der Waals surface area contributed by atoms with Gasteiger partial charge in [-0.15, -0.1) is 0 Å². The van der Waals surface area contributed by atoms with Gasteiger partial charge in [0, 0.05) is 18.8 Å². The molecule has 2 aromatic heterocycles. The van der Waals surface area contributed by atoms with Crippen LogP contribution < -0.4 is 14.2 Å². The van der Waals surface area contributed by atoms with E-state index in [2.05, 4.69) is 10.1 Å². The molecule has 0 spiro atoms. The van der Waals surface area contributed by atoms with E-state index in [0.29, 0.717) is 71.5 Å². The number of aryl methyl sites for hydroxylation is 2. The first-order chi connectivity index (χ1) is 20.9. The molecule has 224 valence electrons. The van der Waals surface area contributed by atoms with Crippen molar-refractivity contribution in [2.24, 2.45) is 0 Å². The van der Waals surface area contributed by atoms with Crippen molar-refractivity contribution in [3.8, 4) is 17.2 Å². The Morgan fingerprint density at radius 2 is 1.74 bits per heavy atom. The zero-order chi connectivity index (χ0) is 30.1. The number of carbonyl (C=O) groups excluding carboxylic acids is 2. The van der Waals surface area contributed by atoms with Crippen molar-refractivity contribution < 1.29 is 33.1 Å². The Morgan fingerprint density at radius 1 is 0.977 bits per heavy atom. The smallest absolute Gasteiger partial charge is 0.258 e. The van der Waals surface area contributed by atoms with Gasteiger partial charge in [0.15, 0.2) is 11.5 Å². The van der Waals surface area contributed by atoms with Crippen molar-refractivity contribution in [2.75, 3.05) is 53.7 Å². The minimum Gasteiger partial charge on any atom is -0.493 e. The molecule has 0 saturated carbocycles. The number of amides is 2. The second kappa shape index (κ2) is 11.9. The molecule has 4 aromatic rings. The number of pyridine rings is 1. The number of carbonyl (C=O) groups is 2. The number of rotatable bonds is 3. The molecule has 0 aliphatic carbocycles. The zero-order valence-electron chi connectivity index (χ0n) is 24.7. The van der Waals surface area contributed by atoms with E-state index < -0.39 is 6.04 Å². The maximum absolute atomic E-state index is 14.2.